The molecule has 0 aliphatic carbocycles. The van der Waals surface area contributed by atoms with Crippen molar-refractivity contribution < 1.29 is 19.5 Å². The first-order valence-electron chi connectivity index (χ1n) is 7.94. The Balaban J connectivity index is 2.01. The summed E-state index contributed by atoms with van der Waals surface area (Å²) in [6.07, 6.45) is 0.667. The van der Waals surface area contributed by atoms with Crippen LogP contribution in [0.3, 0.4) is 0 Å². The van der Waals surface area contributed by atoms with Crippen LogP contribution in [-0.2, 0) is 0 Å². The largest absolute Gasteiger partial charge is 0.514 e. The Labute approximate surface area is 150 Å². The average Bonchev–Trinajstić information content (AvgIpc) is 3.13. The molecule has 0 fully saturated rings. The molecule has 0 saturated carbocycles. The first kappa shape index (κ1) is 17.7. The van der Waals surface area contributed by atoms with Gasteiger partial charge in [0.2, 0.25) is 0 Å². The van der Waals surface area contributed by atoms with E-state index in [-0.39, 0.29) is 5.92 Å². The number of thiol groups is 1. The summed E-state index contributed by atoms with van der Waals surface area (Å²) in [7, 11) is 2.24. The van der Waals surface area contributed by atoms with Gasteiger partial charge in [-0.1, -0.05) is 30.3 Å². The lowest BCUT2D eigenvalue weighted by atomic mass is 9.85. The summed E-state index contributed by atoms with van der Waals surface area (Å²) < 4.78 is 10.5. The second-order valence-corrected chi connectivity index (χ2v) is 7.63. The van der Waals surface area contributed by atoms with Crippen LogP contribution in [0.25, 0.3) is 0 Å². The maximum Gasteiger partial charge on any atom is 0.514 e. The zero-order valence-electron chi connectivity index (χ0n) is 14.2. The lowest BCUT2D eigenvalue weighted by Crippen LogP contribution is -2.08. The Morgan fingerprint density at radius 3 is 1.68 bits per heavy atom. The highest BCUT2D eigenvalue weighted by Crippen LogP contribution is 2.44. The molecule has 0 aromatic heterocycles. The van der Waals surface area contributed by atoms with Gasteiger partial charge in [0.05, 0.1) is 14.2 Å². The van der Waals surface area contributed by atoms with Crippen molar-refractivity contribution >= 4 is 17.1 Å². The molecule has 2 aromatic rings. The Morgan fingerprint density at radius 1 is 0.840 bits per heavy atom. The maximum absolute atomic E-state index is 9.48. The van der Waals surface area contributed by atoms with Crippen molar-refractivity contribution in [3.63, 3.8) is 0 Å². The van der Waals surface area contributed by atoms with Crippen LogP contribution in [0.4, 0.5) is 0 Å². The van der Waals surface area contributed by atoms with E-state index in [0.717, 1.165) is 28.2 Å². The normalized spacial score (nSPS) is 17.5. The third-order valence-corrected chi connectivity index (χ3v) is 5.86. The van der Waals surface area contributed by atoms with E-state index in [9.17, 15) is 10.0 Å². The molecule has 3 rings (SSSR count). The number of hydrogen-bond donors (Lipinski definition) is 3. The summed E-state index contributed by atoms with van der Waals surface area (Å²) in [5.74, 6) is 1.63. The van der Waals surface area contributed by atoms with Gasteiger partial charge in [-0.2, -0.15) is 10.7 Å². The minimum absolute atomic E-state index is 0.0133. The van der Waals surface area contributed by atoms with Crippen LogP contribution in [0.5, 0.6) is 11.5 Å². The van der Waals surface area contributed by atoms with Gasteiger partial charge in [-0.3, -0.25) is 0 Å². The number of methoxy groups -OCH3 is 2. The molecule has 0 amide bonds. The Morgan fingerprint density at radius 2 is 1.32 bits per heavy atom. The number of hydrogen-bond acceptors (Lipinski definition) is 4. The molecule has 1 unspecified atom stereocenters. The minimum atomic E-state index is -1.32. The molecule has 1 aliphatic rings. The molecule has 1 heterocycles. The molecule has 4 nitrogen and oxygen atoms in total. The lowest BCUT2D eigenvalue weighted by Gasteiger charge is -2.20. The number of rotatable bonds is 6. The highest BCUT2D eigenvalue weighted by molar-refractivity contribution is 8.43. The van der Waals surface area contributed by atoms with Crippen molar-refractivity contribution in [2.75, 3.05) is 14.2 Å². The Hall–Kier alpha value is -2.15. The zero-order chi connectivity index (χ0) is 17.8. The quantitative estimate of drug-likeness (QED) is 0.550. The van der Waals surface area contributed by atoms with Crippen LogP contribution in [0.15, 0.2) is 71.0 Å². The van der Waals surface area contributed by atoms with E-state index >= 15 is 0 Å². The standard InChI is InChI=1S/C19H21BO4S/c1-23-17-7-3-14(4-8-17)19(15-5-9-18(24-2)10-6-15)16-11-12-25(13-16)20(21)22/h3-13,19,21-22,25H,1-2H3. The van der Waals surface area contributed by atoms with E-state index in [1.54, 1.807) is 14.2 Å². The molecule has 0 radical (unpaired) electrons. The molecule has 1 atom stereocenters. The molecule has 0 bridgehead atoms. The van der Waals surface area contributed by atoms with Gasteiger partial charge in [0.1, 0.15) is 11.5 Å². The van der Waals surface area contributed by atoms with Gasteiger partial charge in [0.15, 0.2) is 0 Å². The molecular weight excluding hydrogens is 335 g/mol. The van der Waals surface area contributed by atoms with Crippen molar-refractivity contribution in [2.24, 2.45) is 0 Å². The van der Waals surface area contributed by atoms with Crippen LogP contribution in [0, 0.1) is 0 Å². The Kier molecular flexibility index (Phi) is 5.53. The fourth-order valence-electron chi connectivity index (χ4n) is 2.91. The molecule has 0 saturated heterocycles. The summed E-state index contributed by atoms with van der Waals surface area (Å²) in [5, 5.41) is 22.8. The van der Waals surface area contributed by atoms with Gasteiger partial charge in [0.25, 0.3) is 0 Å². The zero-order valence-corrected chi connectivity index (χ0v) is 15.1. The van der Waals surface area contributed by atoms with Crippen molar-refractivity contribution in [1.82, 2.24) is 0 Å². The molecule has 2 N–H and O–H groups in total. The SMILES string of the molecule is COc1ccc(C(C2=C[SH](B(O)O)C=C2)c2ccc(OC)cc2)cc1. The number of benzene rings is 2. The second-order valence-electron chi connectivity index (χ2n) is 5.72. The first-order chi connectivity index (χ1) is 12.1. The summed E-state index contributed by atoms with van der Waals surface area (Å²) in [4.78, 5) is 0. The van der Waals surface area contributed by atoms with Crippen LogP contribution >= 0.6 is 10.7 Å². The smallest absolute Gasteiger partial charge is 0.497 e. The van der Waals surface area contributed by atoms with Gasteiger partial charge in [-0.05, 0) is 51.8 Å². The Bertz CT molecular complexity index is 722. The third-order valence-electron chi connectivity index (χ3n) is 4.24. The van der Waals surface area contributed by atoms with Gasteiger partial charge < -0.3 is 19.5 Å². The summed E-state index contributed by atoms with van der Waals surface area (Å²) >= 11 is 0. The van der Waals surface area contributed by atoms with Gasteiger partial charge in [-0.15, -0.1) is 0 Å². The molecule has 130 valence electrons. The lowest BCUT2D eigenvalue weighted by molar-refractivity contribution is 0.414. The maximum atomic E-state index is 9.48. The predicted octanol–water partition coefficient (Wildman–Crippen LogP) is 3.22. The topological polar surface area (TPSA) is 58.9 Å². The fraction of sp³-hybridized carbons (Fsp3) is 0.158. The van der Waals surface area contributed by atoms with E-state index in [2.05, 4.69) is 0 Å². The molecule has 6 heteroatoms. The highest BCUT2D eigenvalue weighted by Gasteiger charge is 2.25. The van der Waals surface area contributed by atoms with Crippen molar-refractivity contribution in [3.8, 4) is 11.5 Å². The first-order valence-corrected chi connectivity index (χ1v) is 9.48. The average molecular weight is 356 g/mol. The van der Waals surface area contributed by atoms with Crippen LogP contribution in [0.1, 0.15) is 17.0 Å². The monoisotopic (exact) mass is 356 g/mol. The van der Waals surface area contributed by atoms with Gasteiger partial charge >= 0.3 is 6.40 Å². The fourth-order valence-corrected chi connectivity index (χ4v) is 4.21. The number of ether oxygens (including phenoxy) is 2. The predicted molar refractivity (Wildman–Crippen MR) is 104 cm³/mol. The molecule has 1 aliphatic heterocycles. The van der Waals surface area contributed by atoms with Crippen LogP contribution in [-0.4, -0.2) is 30.7 Å². The van der Waals surface area contributed by atoms with Crippen molar-refractivity contribution in [1.29, 1.82) is 0 Å². The van der Waals surface area contributed by atoms with Gasteiger partial charge in [0, 0.05) is 5.92 Å². The van der Waals surface area contributed by atoms with Crippen LogP contribution in [0.2, 0.25) is 0 Å². The van der Waals surface area contributed by atoms with E-state index < -0.39 is 17.1 Å². The highest BCUT2D eigenvalue weighted by atomic mass is 32.2. The van der Waals surface area contributed by atoms with Gasteiger partial charge in [-0.25, -0.2) is 0 Å². The van der Waals surface area contributed by atoms with E-state index in [0.29, 0.717) is 0 Å². The second kappa shape index (κ2) is 7.82. The van der Waals surface area contributed by atoms with Crippen molar-refractivity contribution in [2.45, 2.75) is 5.92 Å². The van der Waals surface area contributed by atoms with E-state index in [1.807, 2.05) is 65.4 Å². The van der Waals surface area contributed by atoms with E-state index in [1.165, 1.54) is 0 Å². The third kappa shape index (κ3) is 3.92. The number of allylic oxidation sites excluding steroid dienone is 2. The summed E-state index contributed by atoms with van der Waals surface area (Å²) in [6, 6.07) is 15.9. The molecule has 0 spiro atoms. The summed E-state index contributed by atoms with van der Waals surface area (Å²) in [5.41, 5.74) is 3.30. The molecule has 25 heavy (non-hydrogen) atoms. The summed E-state index contributed by atoms with van der Waals surface area (Å²) in [6.45, 7) is 0. The minimum Gasteiger partial charge on any atom is -0.497 e. The molecular formula is C19H21BO4S. The van der Waals surface area contributed by atoms with Crippen molar-refractivity contribution in [3.05, 3.63) is 82.1 Å². The molecule has 2 aromatic carbocycles. The van der Waals surface area contributed by atoms with Crippen LogP contribution < -0.4 is 9.47 Å². The van der Waals surface area contributed by atoms with E-state index in [4.69, 9.17) is 9.47 Å².